The molecule has 21 heavy (non-hydrogen) atoms. The lowest BCUT2D eigenvalue weighted by atomic mass is 10.1. The molecule has 0 aliphatic rings. The lowest BCUT2D eigenvalue weighted by Crippen LogP contribution is -2.15. The van der Waals surface area contributed by atoms with Gasteiger partial charge in [-0.3, -0.25) is 5.43 Å². The molecule has 0 atom stereocenters. The van der Waals surface area contributed by atoms with Gasteiger partial charge in [0.25, 0.3) is 0 Å². The highest BCUT2D eigenvalue weighted by molar-refractivity contribution is 5.80. The van der Waals surface area contributed by atoms with Crippen LogP contribution in [0.25, 0.3) is 0 Å². The molecule has 0 saturated carbocycles. The molecule has 6 nitrogen and oxygen atoms in total. The van der Waals surface area contributed by atoms with Crippen LogP contribution < -0.4 is 11.1 Å². The second-order valence-corrected chi connectivity index (χ2v) is 4.06. The topological polar surface area (TPSA) is 83.0 Å². The molecule has 0 fully saturated rings. The third-order valence-corrected chi connectivity index (χ3v) is 2.50. The van der Waals surface area contributed by atoms with Crippen LogP contribution in [0.15, 0.2) is 34.2 Å². The number of aromatic amines is 1. The Balaban J connectivity index is 2.08. The van der Waals surface area contributed by atoms with E-state index in [-0.39, 0.29) is 5.82 Å². The first-order valence-electron chi connectivity index (χ1n) is 5.76. The van der Waals surface area contributed by atoms with Crippen molar-refractivity contribution < 1.29 is 13.2 Å². The number of aromatic nitrogens is 3. The lowest BCUT2D eigenvalue weighted by Gasteiger charge is -2.05. The van der Waals surface area contributed by atoms with E-state index in [1.54, 1.807) is 6.92 Å². The molecule has 110 valence electrons. The molecule has 0 unspecified atom stereocenters. The summed E-state index contributed by atoms with van der Waals surface area (Å²) in [6, 6.07) is 4.48. The third-order valence-electron chi connectivity index (χ3n) is 2.50. The minimum atomic E-state index is -4.37. The molecular formula is C12H10F3N5O. The summed E-state index contributed by atoms with van der Waals surface area (Å²) in [7, 11) is 0. The Hall–Kier alpha value is -2.71. The summed E-state index contributed by atoms with van der Waals surface area (Å²) >= 11 is 0. The number of aryl methyl sites for hydroxylation is 1. The summed E-state index contributed by atoms with van der Waals surface area (Å²) in [4.78, 5) is 14.6. The summed E-state index contributed by atoms with van der Waals surface area (Å²) in [5.41, 5.74) is 2.03. The van der Waals surface area contributed by atoms with Gasteiger partial charge < -0.3 is 0 Å². The average molecular weight is 297 g/mol. The number of H-pyrrole nitrogens is 1. The van der Waals surface area contributed by atoms with Crippen LogP contribution in [-0.4, -0.2) is 21.4 Å². The third kappa shape index (κ3) is 3.88. The van der Waals surface area contributed by atoms with E-state index in [0.717, 1.165) is 12.1 Å². The fourth-order valence-electron chi connectivity index (χ4n) is 1.42. The zero-order valence-electron chi connectivity index (χ0n) is 10.8. The second kappa shape index (κ2) is 5.73. The minimum absolute atomic E-state index is 0.168. The molecule has 0 amide bonds. The van der Waals surface area contributed by atoms with Gasteiger partial charge in [0.15, 0.2) is 5.82 Å². The minimum Gasteiger partial charge on any atom is -0.260 e. The van der Waals surface area contributed by atoms with Crippen LogP contribution in [0.3, 0.4) is 0 Å². The maximum absolute atomic E-state index is 12.4. The number of anilines is 1. The van der Waals surface area contributed by atoms with Crippen LogP contribution in [0, 0.1) is 6.92 Å². The van der Waals surface area contributed by atoms with Crippen LogP contribution in [0.2, 0.25) is 0 Å². The van der Waals surface area contributed by atoms with Crippen LogP contribution >= 0.6 is 0 Å². The standard InChI is InChI=1S/C12H10F3N5O/c1-7-10(17-11(21)20-18-7)19-16-6-8-2-4-9(5-3-8)12(13,14)15/h2-6H,1H3,(H2,17,19,20,21)/b16-6-. The summed E-state index contributed by atoms with van der Waals surface area (Å²) in [5.74, 6) is 0.168. The Labute approximate surface area is 116 Å². The van der Waals surface area contributed by atoms with E-state index in [1.165, 1.54) is 18.3 Å². The molecule has 0 saturated heterocycles. The van der Waals surface area contributed by atoms with E-state index in [2.05, 4.69) is 25.7 Å². The normalized spacial score (nSPS) is 11.8. The van der Waals surface area contributed by atoms with Crippen LogP contribution in [-0.2, 0) is 6.18 Å². The summed E-state index contributed by atoms with van der Waals surface area (Å²) in [6.07, 6.45) is -3.06. The number of rotatable bonds is 3. The van der Waals surface area contributed by atoms with E-state index in [1.807, 2.05) is 0 Å². The number of alkyl halides is 3. The number of halogens is 3. The van der Waals surface area contributed by atoms with Crippen molar-refractivity contribution in [3.8, 4) is 0 Å². The van der Waals surface area contributed by atoms with E-state index in [0.29, 0.717) is 11.3 Å². The van der Waals surface area contributed by atoms with Crippen molar-refractivity contribution in [3.63, 3.8) is 0 Å². The van der Waals surface area contributed by atoms with Crippen molar-refractivity contribution in [3.05, 3.63) is 51.6 Å². The molecule has 0 aliphatic heterocycles. The summed E-state index contributed by atoms with van der Waals surface area (Å²) in [5, 5.41) is 9.63. The molecule has 2 rings (SSSR count). The lowest BCUT2D eigenvalue weighted by molar-refractivity contribution is -0.137. The molecule has 1 aromatic heterocycles. The SMILES string of the molecule is Cc1n[nH]c(=O)nc1N/N=C\c1ccc(C(F)(F)F)cc1. The highest BCUT2D eigenvalue weighted by Gasteiger charge is 2.29. The Morgan fingerprint density at radius 3 is 2.57 bits per heavy atom. The van der Waals surface area contributed by atoms with Gasteiger partial charge in [-0.15, -0.1) is 0 Å². The maximum Gasteiger partial charge on any atom is 0.416 e. The van der Waals surface area contributed by atoms with Crippen molar-refractivity contribution in [1.29, 1.82) is 0 Å². The van der Waals surface area contributed by atoms with E-state index in [9.17, 15) is 18.0 Å². The van der Waals surface area contributed by atoms with Crippen molar-refractivity contribution in [2.45, 2.75) is 13.1 Å². The van der Waals surface area contributed by atoms with Gasteiger partial charge >= 0.3 is 11.9 Å². The monoisotopic (exact) mass is 297 g/mol. The van der Waals surface area contributed by atoms with Gasteiger partial charge in [0.05, 0.1) is 11.8 Å². The smallest absolute Gasteiger partial charge is 0.260 e. The Morgan fingerprint density at radius 2 is 1.95 bits per heavy atom. The molecule has 1 heterocycles. The molecule has 9 heteroatoms. The number of hydrogen-bond donors (Lipinski definition) is 2. The Morgan fingerprint density at radius 1 is 1.29 bits per heavy atom. The van der Waals surface area contributed by atoms with Gasteiger partial charge in [0.2, 0.25) is 0 Å². The van der Waals surface area contributed by atoms with Crippen LogP contribution in [0.1, 0.15) is 16.8 Å². The second-order valence-electron chi connectivity index (χ2n) is 4.06. The van der Waals surface area contributed by atoms with Gasteiger partial charge in [-0.2, -0.15) is 28.4 Å². The Bertz CT molecular complexity index is 706. The largest absolute Gasteiger partial charge is 0.416 e. The molecule has 0 spiro atoms. The number of hydrogen-bond acceptors (Lipinski definition) is 5. The van der Waals surface area contributed by atoms with Crippen molar-refractivity contribution in [2.24, 2.45) is 5.10 Å². The molecule has 0 aliphatic carbocycles. The number of nitrogens with zero attached hydrogens (tertiary/aromatic N) is 3. The number of hydrazone groups is 1. The van der Waals surface area contributed by atoms with E-state index < -0.39 is 17.4 Å². The van der Waals surface area contributed by atoms with Gasteiger partial charge in [0.1, 0.15) is 5.69 Å². The first-order chi connectivity index (χ1) is 9.86. The zero-order chi connectivity index (χ0) is 15.5. The van der Waals surface area contributed by atoms with Gasteiger partial charge in [-0.1, -0.05) is 12.1 Å². The quantitative estimate of drug-likeness (QED) is 0.670. The average Bonchev–Trinajstić information content (AvgIpc) is 2.42. The van der Waals surface area contributed by atoms with Crippen molar-refractivity contribution in [1.82, 2.24) is 15.2 Å². The number of nitrogens with one attached hydrogen (secondary N) is 2. The van der Waals surface area contributed by atoms with Gasteiger partial charge in [0, 0.05) is 0 Å². The van der Waals surface area contributed by atoms with Crippen molar-refractivity contribution in [2.75, 3.05) is 5.43 Å². The molecule has 0 bridgehead atoms. The highest BCUT2D eigenvalue weighted by atomic mass is 19.4. The summed E-state index contributed by atoms with van der Waals surface area (Å²) < 4.78 is 37.1. The Kier molecular flexibility index (Phi) is 4.01. The van der Waals surface area contributed by atoms with E-state index >= 15 is 0 Å². The molecule has 0 radical (unpaired) electrons. The predicted octanol–water partition coefficient (Wildman–Crippen LogP) is 1.94. The van der Waals surface area contributed by atoms with Crippen LogP contribution in [0.5, 0.6) is 0 Å². The first-order valence-corrected chi connectivity index (χ1v) is 5.76. The summed E-state index contributed by atoms with van der Waals surface area (Å²) in [6.45, 7) is 1.61. The molecular weight excluding hydrogens is 287 g/mol. The molecule has 2 N–H and O–H groups in total. The van der Waals surface area contributed by atoms with Gasteiger partial charge in [-0.05, 0) is 24.6 Å². The highest BCUT2D eigenvalue weighted by Crippen LogP contribution is 2.28. The van der Waals surface area contributed by atoms with Crippen LogP contribution in [0.4, 0.5) is 19.0 Å². The molecule has 1 aromatic carbocycles. The maximum atomic E-state index is 12.4. The fraction of sp³-hybridized carbons (Fsp3) is 0.167. The van der Waals surface area contributed by atoms with E-state index in [4.69, 9.17) is 0 Å². The van der Waals surface area contributed by atoms with Crippen molar-refractivity contribution >= 4 is 12.0 Å². The fourth-order valence-corrected chi connectivity index (χ4v) is 1.42. The molecule has 2 aromatic rings. The van der Waals surface area contributed by atoms with Gasteiger partial charge in [-0.25, -0.2) is 9.89 Å². The first kappa shape index (κ1) is 14.7. The number of benzene rings is 1. The predicted molar refractivity (Wildman–Crippen MR) is 70.1 cm³/mol. The zero-order valence-corrected chi connectivity index (χ0v) is 10.8.